The SMILES string of the molecule is CCOC(=O)[C@H]1[C@@H](c2ccc(C)cc2)N1c1ccccc1. The van der Waals surface area contributed by atoms with Gasteiger partial charge in [0, 0.05) is 5.69 Å². The Kier molecular flexibility index (Phi) is 3.65. The van der Waals surface area contributed by atoms with Gasteiger partial charge < -0.3 is 9.64 Å². The van der Waals surface area contributed by atoms with Gasteiger partial charge in [0.15, 0.2) is 6.04 Å². The minimum absolute atomic E-state index is 0.0760. The second kappa shape index (κ2) is 5.60. The Hall–Kier alpha value is -2.29. The van der Waals surface area contributed by atoms with E-state index >= 15 is 0 Å². The summed E-state index contributed by atoms with van der Waals surface area (Å²) in [4.78, 5) is 14.3. The molecule has 0 bridgehead atoms. The summed E-state index contributed by atoms with van der Waals surface area (Å²) in [5.41, 5.74) is 3.43. The van der Waals surface area contributed by atoms with Crippen LogP contribution in [0.4, 0.5) is 5.69 Å². The predicted octanol–water partition coefficient (Wildman–Crippen LogP) is 3.49. The van der Waals surface area contributed by atoms with Crippen molar-refractivity contribution in [2.45, 2.75) is 25.9 Å². The number of hydrogen-bond acceptors (Lipinski definition) is 3. The molecule has 3 heteroatoms. The number of aryl methyl sites for hydroxylation is 1. The molecule has 2 aromatic carbocycles. The number of hydrogen-bond donors (Lipinski definition) is 0. The Bertz CT molecular complexity index is 621. The van der Waals surface area contributed by atoms with Crippen molar-refractivity contribution in [2.24, 2.45) is 0 Å². The van der Waals surface area contributed by atoms with Gasteiger partial charge in [-0.05, 0) is 31.5 Å². The molecular weight excluding hydrogens is 262 g/mol. The second-order valence-electron chi connectivity index (χ2n) is 5.30. The second-order valence-corrected chi connectivity index (χ2v) is 5.30. The highest BCUT2D eigenvalue weighted by atomic mass is 16.5. The molecule has 108 valence electrons. The average molecular weight is 281 g/mol. The molecule has 0 amide bonds. The molecule has 0 radical (unpaired) electrons. The predicted molar refractivity (Wildman–Crippen MR) is 83.3 cm³/mol. The number of carbonyl (C=O) groups excluding carboxylic acids is 1. The van der Waals surface area contributed by atoms with Gasteiger partial charge in [-0.15, -0.1) is 0 Å². The topological polar surface area (TPSA) is 29.3 Å². The monoisotopic (exact) mass is 281 g/mol. The van der Waals surface area contributed by atoms with Crippen LogP contribution in [0.5, 0.6) is 0 Å². The zero-order valence-electron chi connectivity index (χ0n) is 12.3. The molecule has 1 saturated heterocycles. The highest BCUT2D eigenvalue weighted by Gasteiger charge is 2.54. The van der Waals surface area contributed by atoms with Crippen LogP contribution in [0, 0.1) is 6.92 Å². The van der Waals surface area contributed by atoms with Crippen molar-refractivity contribution in [3.8, 4) is 0 Å². The van der Waals surface area contributed by atoms with Crippen LogP contribution in [-0.4, -0.2) is 18.6 Å². The van der Waals surface area contributed by atoms with Crippen molar-refractivity contribution in [1.82, 2.24) is 0 Å². The number of para-hydroxylation sites is 1. The van der Waals surface area contributed by atoms with E-state index in [9.17, 15) is 4.79 Å². The number of anilines is 1. The lowest BCUT2D eigenvalue weighted by atomic mass is 10.1. The molecule has 0 aliphatic carbocycles. The fraction of sp³-hybridized carbons (Fsp3) is 0.278. The molecule has 0 aromatic heterocycles. The first-order valence-corrected chi connectivity index (χ1v) is 7.29. The lowest BCUT2D eigenvalue weighted by Gasteiger charge is -2.06. The molecular formula is C18H19NO2. The highest BCUT2D eigenvalue weighted by Crippen LogP contribution is 2.47. The Labute approximate surface area is 125 Å². The van der Waals surface area contributed by atoms with Crippen LogP contribution in [0.15, 0.2) is 54.6 Å². The molecule has 2 atom stereocenters. The maximum atomic E-state index is 12.2. The smallest absolute Gasteiger partial charge is 0.331 e. The van der Waals surface area contributed by atoms with Crippen molar-refractivity contribution >= 4 is 11.7 Å². The van der Waals surface area contributed by atoms with E-state index < -0.39 is 0 Å². The molecule has 0 saturated carbocycles. The van der Waals surface area contributed by atoms with Crippen LogP contribution >= 0.6 is 0 Å². The molecule has 1 heterocycles. The quantitative estimate of drug-likeness (QED) is 0.634. The summed E-state index contributed by atoms with van der Waals surface area (Å²) < 4.78 is 5.21. The Morgan fingerprint density at radius 2 is 1.76 bits per heavy atom. The molecule has 3 nitrogen and oxygen atoms in total. The minimum Gasteiger partial charge on any atom is -0.464 e. The Morgan fingerprint density at radius 3 is 2.38 bits per heavy atom. The van der Waals surface area contributed by atoms with Gasteiger partial charge in [-0.2, -0.15) is 0 Å². The lowest BCUT2D eigenvalue weighted by Crippen LogP contribution is -2.15. The first-order valence-electron chi connectivity index (χ1n) is 7.29. The zero-order chi connectivity index (χ0) is 14.8. The fourth-order valence-corrected chi connectivity index (χ4v) is 2.73. The van der Waals surface area contributed by atoms with Gasteiger partial charge in [0.05, 0.1) is 12.6 Å². The standard InChI is InChI=1S/C18H19NO2/c1-3-21-18(20)17-16(14-11-9-13(2)10-12-14)19(17)15-7-5-4-6-8-15/h4-12,16-17H,3H2,1-2H3/t16-,17-,19?/m1/s1. The van der Waals surface area contributed by atoms with Crippen LogP contribution in [0.25, 0.3) is 0 Å². The fourth-order valence-electron chi connectivity index (χ4n) is 2.73. The first kappa shape index (κ1) is 13.7. The number of ether oxygens (including phenoxy) is 1. The van der Waals surface area contributed by atoms with Crippen molar-refractivity contribution in [1.29, 1.82) is 0 Å². The van der Waals surface area contributed by atoms with Crippen LogP contribution < -0.4 is 4.90 Å². The molecule has 0 unspecified atom stereocenters. The molecule has 2 aromatic rings. The number of nitrogens with zero attached hydrogens (tertiary/aromatic N) is 1. The van der Waals surface area contributed by atoms with E-state index in [1.54, 1.807) is 0 Å². The van der Waals surface area contributed by atoms with Crippen LogP contribution in [0.1, 0.15) is 24.1 Å². The van der Waals surface area contributed by atoms with E-state index in [4.69, 9.17) is 4.74 Å². The van der Waals surface area contributed by atoms with Crippen LogP contribution in [-0.2, 0) is 9.53 Å². The van der Waals surface area contributed by atoms with E-state index in [2.05, 4.69) is 36.1 Å². The molecule has 1 fully saturated rings. The third-order valence-electron chi connectivity index (χ3n) is 3.81. The van der Waals surface area contributed by atoms with Crippen molar-refractivity contribution in [3.05, 3.63) is 65.7 Å². The third-order valence-corrected chi connectivity index (χ3v) is 3.81. The number of esters is 1. The van der Waals surface area contributed by atoms with Gasteiger partial charge in [0.25, 0.3) is 0 Å². The van der Waals surface area contributed by atoms with Gasteiger partial charge in [-0.25, -0.2) is 4.79 Å². The van der Waals surface area contributed by atoms with E-state index in [-0.39, 0.29) is 18.1 Å². The summed E-state index contributed by atoms with van der Waals surface area (Å²) in [6.07, 6.45) is 0. The van der Waals surface area contributed by atoms with Gasteiger partial charge in [0.1, 0.15) is 0 Å². The van der Waals surface area contributed by atoms with Crippen molar-refractivity contribution < 1.29 is 9.53 Å². The summed E-state index contributed by atoms with van der Waals surface area (Å²) in [6.45, 7) is 4.32. The van der Waals surface area contributed by atoms with Crippen LogP contribution in [0.2, 0.25) is 0 Å². The normalized spacial score (nSPS) is 20.2. The van der Waals surface area contributed by atoms with E-state index in [0.717, 1.165) is 11.3 Å². The maximum absolute atomic E-state index is 12.2. The third kappa shape index (κ3) is 2.64. The minimum atomic E-state index is -0.213. The Balaban J connectivity index is 1.89. The summed E-state index contributed by atoms with van der Waals surface area (Å²) in [7, 11) is 0. The van der Waals surface area contributed by atoms with E-state index in [0.29, 0.717) is 6.61 Å². The average Bonchev–Trinajstić information content (AvgIpc) is 3.25. The Morgan fingerprint density at radius 1 is 1.10 bits per heavy atom. The first-order chi connectivity index (χ1) is 10.2. The van der Waals surface area contributed by atoms with Gasteiger partial charge in [0.2, 0.25) is 0 Å². The van der Waals surface area contributed by atoms with Crippen molar-refractivity contribution in [3.63, 3.8) is 0 Å². The lowest BCUT2D eigenvalue weighted by molar-refractivity contribution is -0.142. The number of rotatable bonds is 4. The molecule has 1 aliphatic heterocycles. The van der Waals surface area contributed by atoms with E-state index in [1.165, 1.54) is 5.56 Å². The summed E-state index contributed by atoms with van der Waals surface area (Å²) in [6, 6.07) is 18.2. The summed E-state index contributed by atoms with van der Waals surface area (Å²) >= 11 is 0. The zero-order valence-corrected chi connectivity index (χ0v) is 12.3. The summed E-state index contributed by atoms with van der Waals surface area (Å²) in [5, 5.41) is 0. The largest absolute Gasteiger partial charge is 0.464 e. The van der Waals surface area contributed by atoms with Gasteiger partial charge >= 0.3 is 5.97 Å². The molecule has 21 heavy (non-hydrogen) atoms. The van der Waals surface area contributed by atoms with Crippen LogP contribution in [0.3, 0.4) is 0 Å². The highest BCUT2D eigenvalue weighted by molar-refractivity contribution is 5.88. The van der Waals surface area contributed by atoms with E-state index in [1.807, 2.05) is 37.3 Å². The molecule has 0 spiro atoms. The number of carbonyl (C=O) groups is 1. The molecule has 3 rings (SSSR count). The van der Waals surface area contributed by atoms with Gasteiger partial charge in [-0.3, -0.25) is 0 Å². The number of benzene rings is 2. The molecule has 0 N–H and O–H groups in total. The summed E-state index contributed by atoms with van der Waals surface area (Å²) in [5.74, 6) is -0.146. The molecule has 1 aliphatic rings. The maximum Gasteiger partial charge on any atom is 0.331 e. The van der Waals surface area contributed by atoms with Crippen molar-refractivity contribution in [2.75, 3.05) is 11.5 Å². The van der Waals surface area contributed by atoms with Gasteiger partial charge in [-0.1, -0.05) is 48.0 Å².